The molecule has 1 rings (SSSR count). The number of thioether (sulfide) groups is 1. The Labute approximate surface area is 123 Å². The fraction of sp³-hybridized carbons (Fsp3) is 0.583. The van der Waals surface area contributed by atoms with Gasteiger partial charge in [0.1, 0.15) is 12.3 Å². The van der Waals surface area contributed by atoms with E-state index in [0.29, 0.717) is 10.6 Å². The summed E-state index contributed by atoms with van der Waals surface area (Å²) < 4.78 is 58.3. The molecule has 9 heteroatoms. The van der Waals surface area contributed by atoms with Crippen LogP contribution in [-0.4, -0.2) is 48.4 Å². The molecule has 0 fully saturated rings. The summed E-state index contributed by atoms with van der Waals surface area (Å²) in [4.78, 5) is 4.02. The summed E-state index contributed by atoms with van der Waals surface area (Å²) in [5, 5.41) is 8.86. The molecule has 0 spiro atoms. The van der Waals surface area contributed by atoms with Crippen molar-refractivity contribution in [2.75, 3.05) is 32.2 Å². The van der Waals surface area contributed by atoms with Crippen LogP contribution in [0.4, 0.5) is 17.6 Å². The fourth-order valence-corrected chi connectivity index (χ4v) is 2.13. The van der Waals surface area contributed by atoms with Crippen LogP contribution in [0.15, 0.2) is 17.2 Å². The van der Waals surface area contributed by atoms with E-state index in [4.69, 9.17) is 9.84 Å². The number of nitrogens with zero attached hydrogens (tertiary/aromatic N) is 1. The average Bonchev–Trinajstić information content (AvgIpc) is 2.42. The predicted octanol–water partition coefficient (Wildman–Crippen LogP) is 2.40. The Morgan fingerprint density at radius 3 is 2.57 bits per heavy atom. The van der Waals surface area contributed by atoms with Gasteiger partial charge in [0.2, 0.25) is 0 Å². The molecule has 1 heterocycles. The van der Waals surface area contributed by atoms with Gasteiger partial charge < -0.3 is 14.6 Å². The van der Waals surface area contributed by atoms with Crippen molar-refractivity contribution in [2.24, 2.45) is 0 Å². The van der Waals surface area contributed by atoms with Crippen molar-refractivity contribution in [1.29, 1.82) is 0 Å². The van der Waals surface area contributed by atoms with Crippen LogP contribution < -0.4 is 0 Å². The minimum atomic E-state index is -4.33. The zero-order valence-electron chi connectivity index (χ0n) is 11.0. The van der Waals surface area contributed by atoms with Crippen LogP contribution >= 0.6 is 11.8 Å². The number of hydrogen-bond acceptors (Lipinski definition) is 5. The quantitative estimate of drug-likeness (QED) is 0.428. The Morgan fingerprint density at radius 2 is 1.90 bits per heavy atom. The number of halogens is 4. The lowest BCUT2D eigenvalue weighted by molar-refractivity contribution is -0.176. The molecular formula is C12H15F4NO3S. The highest BCUT2D eigenvalue weighted by Crippen LogP contribution is 2.22. The molecule has 0 unspecified atom stereocenters. The van der Waals surface area contributed by atoms with Crippen molar-refractivity contribution >= 4 is 11.8 Å². The molecule has 0 saturated heterocycles. The molecule has 4 nitrogen and oxygen atoms in total. The van der Waals surface area contributed by atoms with Crippen molar-refractivity contribution < 1.29 is 32.1 Å². The zero-order valence-corrected chi connectivity index (χ0v) is 11.8. The Kier molecular flexibility index (Phi) is 7.94. The molecule has 0 radical (unpaired) electrons. The first kappa shape index (κ1) is 18.1. The fourth-order valence-electron chi connectivity index (χ4n) is 1.31. The van der Waals surface area contributed by atoms with E-state index in [2.05, 4.69) is 9.72 Å². The molecule has 1 aromatic rings. The standard InChI is InChI=1S/C12H15F4NO3S/c13-11-9(7-18)17-2-1-10(11)21-6-5-19-3-4-20-8-12(14,15)16/h1-2,18H,3-8H2. The average molecular weight is 329 g/mol. The summed E-state index contributed by atoms with van der Waals surface area (Å²) in [6.45, 7) is -1.64. The monoisotopic (exact) mass is 329 g/mol. The number of ether oxygens (including phenoxy) is 2. The lowest BCUT2D eigenvalue weighted by Gasteiger charge is -2.08. The second-order valence-corrected chi connectivity index (χ2v) is 4.99. The van der Waals surface area contributed by atoms with Gasteiger partial charge in [0, 0.05) is 16.8 Å². The van der Waals surface area contributed by atoms with Crippen molar-refractivity contribution in [3.8, 4) is 0 Å². The van der Waals surface area contributed by atoms with Gasteiger partial charge in [-0.3, -0.25) is 4.98 Å². The van der Waals surface area contributed by atoms with Gasteiger partial charge in [-0.05, 0) is 6.07 Å². The van der Waals surface area contributed by atoms with Gasteiger partial charge in [0.05, 0.1) is 26.4 Å². The highest BCUT2D eigenvalue weighted by atomic mass is 32.2. The molecule has 0 atom stereocenters. The third-order valence-electron chi connectivity index (χ3n) is 2.20. The smallest absolute Gasteiger partial charge is 0.390 e. The largest absolute Gasteiger partial charge is 0.411 e. The number of aliphatic hydroxyl groups is 1. The molecular weight excluding hydrogens is 314 g/mol. The molecule has 0 aliphatic heterocycles. The second kappa shape index (κ2) is 9.19. The van der Waals surface area contributed by atoms with Gasteiger partial charge >= 0.3 is 6.18 Å². The van der Waals surface area contributed by atoms with Gasteiger partial charge in [0.15, 0.2) is 5.82 Å². The molecule has 0 aliphatic carbocycles. The summed E-state index contributed by atoms with van der Waals surface area (Å²) in [5.74, 6) is -0.149. The van der Waals surface area contributed by atoms with Crippen LogP contribution in [0, 0.1) is 5.82 Å². The maximum absolute atomic E-state index is 13.6. The number of pyridine rings is 1. The zero-order chi connectivity index (χ0) is 15.7. The third kappa shape index (κ3) is 7.60. The van der Waals surface area contributed by atoms with Gasteiger partial charge in [-0.1, -0.05) is 0 Å². The van der Waals surface area contributed by atoms with Crippen molar-refractivity contribution in [2.45, 2.75) is 17.7 Å². The second-order valence-electron chi connectivity index (χ2n) is 3.86. The van der Waals surface area contributed by atoms with Crippen LogP contribution in [0.1, 0.15) is 5.69 Å². The SMILES string of the molecule is OCc1nccc(SCCOCCOCC(F)(F)F)c1F. The van der Waals surface area contributed by atoms with Gasteiger partial charge in [-0.15, -0.1) is 11.8 Å². The van der Waals surface area contributed by atoms with Gasteiger partial charge in [-0.25, -0.2) is 4.39 Å². The third-order valence-corrected chi connectivity index (χ3v) is 3.20. The molecule has 21 heavy (non-hydrogen) atoms. The highest BCUT2D eigenvalue weighted by molar-refractivity contribution is 7.99. The molecule has 0 bridgehead atoms. The van der Waals surface area contributed by atoms with E-state index in [1.165, 1.54) is 24.0 Å². The number of hydrogen-bond donors (Lipinski definition) is 1. The minimum absolute atomic E-state index is 0.0264. The van der Waals surface area contributed by atoms with E-state index in [0.717, 1.165) is 0 Å². The Bertz CT molecular complexity index is 431. The highest BCUT2D eigenvalue weighted by Gasteiger charge is 2.27. The maximum Gasteiger partial charge on any atom is 0.411 e. The van der Waals surface area contributed by atoms with E-state index in [9.17, 15) is 17.6 Å². The van der Waals surface area contributed by atoms with Crippen molar-refractivity contribution in [3.05, 3.63) is 23.8 Å². The lowest BCUT2D eigenvalue weighted by atomic mass is 10.3. The Hall–Kier alpha value is -0.900. The topological polar surface area (TPSA) is 51.6 Å². The van der Waals surface area contributed by atoms with Crippen LogP contribution in [0.3, 0.4) is 0 Å². The molecule has 0 aliphatic rings. The van der Waals surface area contributed by atoms with Crippen LogP contribution in [0.2, 0.25) is 0 Å². The van der Waals surface area contributed by atoms with Crippen LogP contribution in [-0.2, 0) is 16.1 Å². The lowest BCUT2D eigenvalue weighted by Crippen LogP contribution is -2.19. The van der Waals surface area contributed by atoms with Crippen molar-refractivity contribution in [1.82, 2.24) is 4.98 Å². The molecule has 1 N–H and O–H groups in total. The molecule has 0 amide bonds. The first-order chi connectivity index (χ1) is 9.94. The van der Waals surface area contributed by atoms with Crippen molar-refractivity contribution in [3.63, 3.8) is 0 Å². The minimum Gasteiger partial charge on any atom is -0.390 e. The summed E-state index contributed by atoms with van der Waals surface area (Å²) in [7, 11) is 0. The number of rotatable bonds is 9. The van der Waals surface area contributed by atoms with E-state index in [-0.39, 0.29) is 25.5 Å². The first-order valence-electron chi connectivity index (χ1n) is 6.03. The van der Waals surface area contributed by atoms with E-state index < -0.39 is 25.2 Å². The summed E-state index contributed by atoms with van der Waals surface area (Å²) in [6, 6.07) is 1.48. The summed E-state index contributed by atoms with van der Waals surface area (Å²) in [6.07, 6.45) is -2.94. The molecule has 0 aromatic carbocycles. The van der Waals surface area contributed by atoms with E-state index >= 15 is 0 Å². The van der Waals surface area contributed by atoms with E-state index in [1.807, 2.05) is 0 Å². The number of alkyl halides is 3. The number of aromatic nitrogens is 1. The Balaban J connectivity index is 2.12. The van der Waals surface area contributed by atoms with Gasteiger partial charge in [0.25, 0.3) is 0 Å². The molecule has 120 valence electrons. The molecule has 0 saturated carbocycles. The Morgan fingerprint density at radius 1 is 1.19 bits per heavy atom. The maximum atomic E-state index is 13.6. The summed E-state index contributed by atoms with van der Waals surface area (Å²) >= 11 is 1.17. The van der Waals surface area contributed by atoms with Gasteiger partial charge in [-0.2, -0.15) is 13.2 Å². The van der Waals surface area contributed by atoms with Crippen LogP contribution in [0.5, 0.6) is 0 Å². The normalized spacial score (nSPS) is 11.9. The first-order valence-corrected chi connectivity index (χ1v) is 7.02. The van der Waals surface area contributed by atoms with E-state index in [1.54, 1.807) is 0 Å². The van der Waals surface area contributed by atoms with Crippen LogP contribution in [0.25, 0.3) is 0 Å². The predicted molar refractivity (Wildman–Crippen MR) is 68.5 cm³/mol. The summed E-state index contributed by atoms with van der Waals surface area (Å²) in [5.41, 5.74) is -0.0264. The molecule has 1 aromatic heterocycles. The number of aliphatic hydroxyl groups excluding tert-OH is 1.